The van der Waals surface area contributed by atoms with Crippen LogP contribution in [0.5, 0.6) is 0 Å². The van der Waals surface area contributed by atoms with Crippen molar-refractivity contribution >= 4 is 24.1 Å². The molecule has 0 N–H and O–H groups in total. The number of anilines is 1. The van der Waals surface area contributed by atoms with Gasteiger partial charge in [0.25, 0.3) is 0 Å². The molecule has 0 aliphatic heterocycles. The summed E-state index contributed by atoms with van der Waals surface area (Å²) in [6.07, 6.45) is 1.81. The normalized spacial score (nSPS) is 10.4. The first-order valence-corrected chi connectivity index (χ1v) is 6.42. The zero-order valence-electron chi connectivity index (χ0n) is 10.9. The molecule has 1 heterocycles. The van der Waals surface area contributed by atoms with Gasteiger partial charge in [0.05, 0.1) is 4.92 Å². The molecule has 1 rings (SSSR count). The molecular weight excluding hydrogens is 252 g/mol. The SMILES string of the molecule is CCCN(CCC)c1nc(C)nc(S)c1[N+](=O)[O-]. The summed E-state index contributed by atoms with van der Waals surface area (Å²) in [5.74, 6) is 0.874. The molecule has 6 nitrogen and oxygen atoms in total. The van der Waals surface area contributed by atoms with E-state index in [4.69, 9.17) is 0 Å². The fraction of sp³-hybridized carbons (Fsp3) is 0.636. The van der Waals surface area contributed by atoms with E-state index < -0.39 is 4.92 Å². The number of aromatic nitrogens is 2. The van der Waals surface area contributed by atoms with Crippen LogP contribution in [0.15, 0.2) is 5.03 Å². The third-order valence-electron chi connectivity index (χ3n) is 2.43. The molecule has 1 aromatic heterocycles. The molecule has 0 unspecified atom stereocenters. The Morgan fingerprint density at radius 3 is 2.28 bits per heavy atom. The van der Waals surface area contributed by atoms with Gasteiger partial charge in [-0.2, -0.15) is 0 Å². The van der Waals surface area contributed by atoms with Crippen LogP contribution in [0.4, 0.5) is 11.5 Å². The zero-order valence-corrected chi connectivity index (χ0v) is 11.8. The molecule has 0 radical (unpaired) electrons. The molecule has 0 aromatic carbocycles. The number of thiol groups is 1. The van der Waals surface area contributed by atoms with Crippen LogP contribution in [0.2, 0.25) is 0 Å². The Balaban J connectivity index is 3.29. The number of hydrogen-bond donors (Lipinski definition) is 1. The average Bonchev–Trinajstić information content (AvgIpc) is 2.26. The highest BCUT2D eigenvalue weighted by atomic mass is 32.1. The van der Waals surface area contributed by atoms with E-state index in [0.717, 1.165) is 25.9 Å². The molecule has 0 atom stereocenters. The standard InChI is InChI=1S/C11H18N4O2S/c1-4-6-14(7-5-2)10-9(15(16)17)11(18)13-8(3)12-10/h4-7H2,1-3H3,(H,12,13,18). The lowest BCUT2D eigenvalue weighted by Gasteiger charge is -2.22. The third kappa shape index (κ3) is 3.32. The van der Waals surface area contributed by atoms with Crippen molar-refractivity contribution in [3.63, 3.8) is 0 Å². The largest absolute Gasteiger partial charge is 0.351 e. The highest BCUT2D eigenvalue weighted by Crippen LogP contribution is 2.31. The van der Waals surface area contributed by atoms with E-state index in [1.807, 2.05) is 18.7 Å². The number of aryl methyl sites for hydroxylation is 1. The lowest BCUT2D eigenvalue weighted by atomic mass is 10.3. The Labute approximate surface area is 112 Å². The molecule has 0 aliphatic rings. The van der Waals surface area contributed by atoms with Gasteiger partial charge in [-0.25, -0.2) is 9.97 Å². The van der Waals surface area contributed by atoms with E-state index in [1.54, 1.807) is 6.92 Å². The minimum atomic E-state index is -0.463. The highest BCUT2D eigenvalue weighted by molar-refractivity contribution is 7.80. The predicted octanol–water partition coefficient (Wildman–Crippen LogP) is 2.61. The van der Waals surface area contributed by atoms with E-state index in [2.05, 4.69) is 22.6 Å². The second kappa shape index (κ2) is 6.53. The van der Waals surface area contributed by atoms with Crippen LogP contribution in [0.25, 0.3) is 0 Å². The van der Waals surface area contributed by atoms with Gasteiger partial charge in [-0.15, -0.1) is 12.6 Å². The monoisotopic (exact) mass is 270 g/mol. The molecule has 0 aliphatic carbocycles. The second-order valence-electron chi connectivity index (χ2n) is 4.01. The van der Waals surface area contributed by atoms with Gasteiger partial charge in [0.1, 0.15) is 5.82 Å². The first kappa shape index (κ1) is 14.7. The molecule has 0 saturated heterocycles. The molecule has 0 saturated carbocycles. The van der Waals surface area contributed by atoms with Crippen LogP contribution >= 0.6 is 12.6 Å². The van der Waals surface area contributed by atoms with Gasteiger partial charge >= 0.3 is 5.69 Å². The second-order valence-corrected chi connectivity index (χ2v) is 4.43. The van der Waals surface area contributed by atoms with Gasteiger partial charge < -0.3 is 4.90 Å². The van der Waals surface area contributed by atoms with Crippen LogP contribution in [0.1, 0.15) is 32.5 Å². The smallest absolute Gasteiger partial charge is 0.343 e. The van der Waals surface area contributed by atoms with Gasteiger partial charge in [0.15, 0.2) is 5.03 Å². The molecule has 100 valence electrons. The van der Waals surface area contributed by atoms with Crippen LogP contribution in [0.3, 0.4) is 0 Å². The van der Waals surface area contributed by atoms with E-state index >= 15 is 0 Å². The minimum Gasteiger partial charge on any atom is -0.351 e. The summed E-state index contributed by atoms with van der Waals surface area (Å²) in [4.78, 5) is 20.7. The van der Waals surface area contributed by atoms with E-state index in [1.165, 1.54) is 0 Å². The average molecular weight is 270 g/mol. The number of rotatable bonds is 6. The quantitative estimate of drug-likeness (QED) is 0.372. The van der Waals surface area contributed by atoms with E-state index in [9.17, 15) is 10.1 Å². The lowest BCUT2D eigenvalue weighted by Crippen LogP contribution is -2.27. The Morgan fingerprint density at radius 2 is 1.83 bits per heavy atom. The predicted molar refractivity (Wildman–Crippen MR) is 73.5 cm³/mol. The van der Waals surface area contributed by atoms with Crippen molar-refractivity contribution < 1.29 is 4.92 Å². The fourth-order valence-corrected chi connectivity index (χ4v) is 2.11. The van der Waals surface area contributed by atoms with E-state index in [-0.39, 0.29) is 10.7 Å². The molecule has 1 aromatic rings. The van der Waals surface area contributed by atoms with Crippen molar-refractivity contribution in [3.8, 4) is 0 Å². The molecule has 0 spiro atoms. The van der Waals surface area contributed by atoms with Crippen LogP contribution in [-0.4, -0.2) is 28.0 Å². The minimum absolute atomic E-state index is 0.106. The molecule has 18 heavy (non-hydrogen) atoms. The molecule has 0 bridgehead atoms. The first-order chi connectivity index (χ1) is 8.51. The summed E-state index contributed by atoms with van der Waals surface area (Å²) in [5.41, 5.74) is -0.106. The lowest BCUT2D eigenvalue weighted by molar-refractivity contribution is -0.387. The number of hydrogen-bond acceptors (Lipinski definition) is 6. The number of nitro groups is 1. The van der Waals surface area contributed by atoms with E-state index in [0.29, 0.717) is 11.6 Å². The summed E-state index contributed by atoms with van der Waals surface area (Å²) in [5, 5.41) is 11.2. The maximum Gasteiger partial charge on any atom is 0.343 e. The summed E-state index contributed by atoms with van der Waals surface area (Å²) in [7, 11) is 0. The topological polar surface area (TPSA) is 72.2 Å². The van der Waals surface area contributed by atoms with Crippen LogP contribution < -0.4 is 4.90 Å². The van der Waals surface area contributed by atoms with Crippen molar-refractivity contribution in [2.75, 3.05) is 18.0 Å². The van der Waals surface area contributed by atoms with Gasteiger partial charge in [0, 0.05) is 13.1 Å². The maximum atomic E-state index is 11.1. The Morgan fingerprint density at radius 1 is 1.28 bits per heavy atom. The van der Waals surface area contributed by atoms with Crippen LogP contribution in [0, 0.1) is 17.0 Å². The van der Waals surface area contributed by atoms with Crippen molar-refractivity contribution in [1.29, 1.82) is 0 Å². The van der Waals surface area contributed by atoms with Gasteiger partial charge in [0.2, 0.25) is 5.82 Å². The van der Waals surface area contributed by atoms with Crippen molar-refractivity contribution in [1.82, 2.24) is 9.97 Å². The maximum absolute atomic E-state index is 11.1. The van der Waals surface area contributed by atoms with Gasteiger partial charge in [-0.1, -0.05) is 13.8 Å². The molecule has 0 fully saturated rings. The summed E-state index contributed by atoms with van der Waals surface area (Å²) >= 11 is 4.09. The molecule has 0 amide bonds. The van der Waals surface area contributed by atoms with Gasteiger partial charge in [-0.05, 0) is 19.8 Å². The van der Waals surface area contributed by atoms with Crippen molar-refractivity contribution in [3.05, 3.63) is 15.9 Å². The Hall–Kier alpha value is -1.37. The van der Waals surface area contributed by atoms with Gasteiger partial charge in [-0.3, -0.25) is 10.1 Å². The summed E-state index contributed by atoms with van der Waals surface area (Å²) in [6, 6.07) is 0. The fourth-order valence-electron chi connectivity index (χ4n) is 1.78. The Kier molecular flexibility index (Phi) is 5.33. The van der Waals surface area contributed by atoms with Crippen LogP contribution in [-0.2, 0) is 0 Å². The zero-order chi connectivity index (χ0) is 13.7. The van der Waals surface area contributed by atoms with Crippen molar-refractivity contribution in [2.45, 2.75) is 38.6 Å². The third-order valence-corrected chi connectivity index (χ3v) is 2.74. The first-order valence-electron chi connectivity index (χ1n) is 5.98. The van der Waals surface area contributed by atoms with Crippen molar-refractivity contribution in [2.24, 2.45) is 0 Å². The molecular formula is C11H18N4O2S. The molecule has 7 heteroatoms. The number of nitrogens with zero attached hydrogens (tertiary/aromatic N) is 4. The summed E-state index contributed by atoms with van der Waals surface area (Å²) < 4.78 is 0. The highest BCUT2D eigenvalue weighted by Gasteiger charge is 2.25. The summed E-state index contributed by atoms with van der Waals surface area (Å²) in [6.45, 7) is 7.24. The Bertz CT molecular complexity index is 433.